The van der Waals surface area contributed by atoms with E-state index in [1.54, 1.807) is 6.07 Å². The van der Waals surface area contributed by atoms with Gasteiger partial charge in [0.05, 0.1) is 0 Å². The van der Waals surface area contributed by atoms with Crippen LogP contribution >= 0.6 is 0 Å². The zero-order valence-corrected chi connectivity index (χ0v) is 12.9. The van der Waals surface area contributed by atoms with E-state index in [2.05, 4.69) is 43.4 Å². The molecule has 21 heavy (non-hydrogen) atoms. The highest BCUT2D eigenvalue weighted by Crippen LogP contribution is 2.18. The lowest BCUT2D eigenvalue weighted by atomic mass is 9.90. The minimum atomic E-state index is -0.141. The van der Waals surface area contributed by atoms with Crippen molar-refractivity contribution in [3.63, 3.8) is 0 Å². The summed E-state index contributed by atoms with van der Waals surface area (Å²) >= 11 is 0. The molecule has 1 nitrogen and oxygen atoms in total. The van der Waals surface area contributed by atoms with E-state index in [1.165, 1.54) is 17.2 Å². The number of halogens is 1. The molecule has 0 saturated carbocycles. The smallest absolute Gasteiger partial charge is 0.123 e. The second-order valence-electron chi connectivity index (χ2n) is 5.64. The van der Waals surface area contributed by atoms with Crippen molar-refractivity contribution in [2.75, 3.05) is 13.1 Å². The van der Waals surface area contributed by atoms with Crippen molar-refractivity contribution in [3.8, 4) is 0 Å². The van der Waals surface area contributed by atoms with Crippen molar-refractivity contribution < 1.29 is 4.39 Å². The third kappa shape index (κ3) is 4.98. The summed E-state index contributed by atoms with van der Waals surface area (Å²) in [5.74, 6) is 0.338. The van der Waals surface area contributed by atoms with Gasteiger partial charge in [-0.3, -0.25) is 0 Å². The summed E-state index contributed by atoms with van der Waals surface area (Å²) in [6, 6.07) is 15.6. The molecule has 2 aromatic rings. The van der Waals surface area contributed by atoms with E-state index in [0.717, 1.165) is 31.5 Å². The molecule has 1 N–H and O–H groups in total. The van der Waals surface area contributed by atoms with Crippen LogP contribution in [0.1, 0.15) is 23.6 Å². The van der Waals surface area contributed by atoms with E-state index in [1.807, 2.05) is 12.1 Å². The van der Waals surface area contributed by atoms with Gasteiger partial charge in [-0.2, -0.15) is 0 Å². The van der Waals surface area contributed by atoms with E-state index in [4.69, 9.17) is 0 Å². The van der Waals surface area contributed by atoms with Crippen LogP contribution in [-0.4, -0.2) is 13.1 Å². The second-order valence-corrected chi connectivity index (χ2v) is 5.64. The van der Waals surface area contributed by atoms with Crippen LogP contribution in [0.25, 0.3) is 0 Å². The lowest BCUT2D eigenvalue weighted by Crippen LogP contribution is -2.26. The molecule has 0 spiro atoms. The van der Waals surface area contributed by atoms with E-state index in [0.29, 0.717) is 5.92 Å². The van der Waals surface area contributed by atoms with Crippen LogP contribution in [0, 0.1) is 18.7 Å². The fourth-order valence-corrected chi connectivity index (χ4v) is 2.68. The van der Waals surface area contributed by atoms with Gasteiger partial charge in [-0.05, 0) is 67.6 Å². The average Bonchev–Trinajstić information content (AvgIpc) is 2.49. The molecule has 0 saturated heterocycles. The first kappa shape index (κ1) is 15.7. The fraction of sp³-hybridized carbons (Fsp3) is 0.368. The minimum Gasteiger partial charge on any atom is -0.317 e. The van der Waals surface area contributed by atoms with Gasteiger partial charge in [-0.1, -0.05) is 43.3 Å². The molecule has 2 rings (SSSR count). The van der Waals surface area contributed by atoms with Crippen molar-refractivity contribution >= 4 is 0 Å². The van der Waals surface area contributed by atoms with E-state index < -0.39 is 0 Å². The molecule has 0 heterocycles. The average molecular weight is 285 g/mol. The number of hydrogen-bond acceptors (Lipinski definition) is 1. The highest BCUT2D eigenvalue weighted by atomic mass is 19.1. The van der Waals surface area contributed by atoms with Crippen LogP contribution in [0.4, 0.5) is 4.39 Å². The summed E-state index contributed by atoms with van der Waals surface area (Å²) in [6.07, 6.45) is 1.93. The van der Waals surface area contributed by atoms with Gasteiger partial charge in [-0.25, -0.2) is 4.39 Å². The summed E-state index contributed by atoms with van der Waals surface area (Å²) in [5, 5.41) is 3.43. The van der Waals surface area contributed by atoms with Crippen LogP contribution in [0.3, 0.4) is 0 Å². The Hall–Kier alpha value is -1.67. The summed E-state index contributed by atoms with van der Waals surface area (Å²) in [7, 11) is 0. The van der Waals surface area contributed by atoms with Crippen molar-refractivity contribution in [3.05, 3.63) is 71.0 Å². The molecule has 0 aliphatic carbocycles. The van der Waals surface area contributed by atoms with Gasteiger partial charge in [0.1, 0.15) is 5.82 Å². The first-order chi connectivity index (χ1) is 10.2. The molecule has 0 radical (unpaired) electrons. The lowest BCUT2D eigenvalue weighted by molar-refractivity contribution is 0.476. The first-order valence-electron chi connectivity index (χ1n) is 7.68. The number of aryl methyl sites for hydroxylation is 1. The molecule has 0 aliphatic rings. The Balaban J connectivity index is 2.10. The van der Waals surface area contributed by atoms with Gasteiger partial charge in [-0.15, -0.1) is 0 Å². The minimum absolute atomic E-state index is 0.141. The van der Waals surface area contributed by atoms with Crippen LogP contribution in [0.5, 0.6) is 0 Å². The Bertz CT molecular complexity index is 551. The highest BCUT2D eigenvalue weighted by molar-refractivity contribution is 5.27. The maximum absolute atomic E-state index is 13.5. The van der Waals surface area contributed by atoms with Gasteiger partial charge in [0.2, 0.25) is 0 Å². The third-order valence-electron chi connectivity index (χ3n) is 3.87. The zero-order chi connectivity index (χ0) is 15.1. The van der Waals surface area contributed by atoms with E-state index in [-0.39, 0.29) is 5.82 Å². The molecule has 0 fully saturated rings. The number of nitrogens with one attached hydrogen (secondary N) is 1. The molecule has 1 atom stereocenters. The standard InChI is InChI=1S/C19H24FN/c1-3-21-14-17(11-16-7-5-4-6-8-16)12-18-13-19(20)10-9-15(18)2/h4-10,13,17,21H,3,11-12,14H2,1-2H3. The Morgan fingerprint density at radius 2 is 1.81 bits per heavy atom. The first-order valence-corrected chi connectivity index (χ1v) is 7.68. The maximum Gasteiger partial charge on any atom is 0.123 e. The normalized spacial score (nSPS) is 12.3. The van der Waals surface area contributed by atoms with E-state index in [9.17, 15) is 4.39 Å². The van der Waals surface area contributed by atoms with Gasteiger partial charge < -0.3 is 5.32 Å². The van der Waals surface area contributed by atoms with Gasteiger partial charge in [0, 0.05) is 0 Å². The van der Waals surface area contributed by atoms with Crippen molar-refractivity contribution in [1.82, 2.24) is 5.32 Å². The zero-order valence-electron chi connectivity index (χ0n) is 12.9. The fourth-order valence-electron chi connectivity index (χ4n) is 2.68. The van der Waals surface area contributed by atoms with Crippen LogP contribution in [0.2, 0.25) is 0 Å². The molecule has 112 valence electrons. The third-order valence-corrected chi connectivity index (χ3v) is 3.87. The summed E-state index contributed by atoms with van der Waals surface area (Å²) in [5.41, 5.74) is 3.63. The predicted octanol–water partition coefficient (Wildman–Crippen LogP) is 4.15. The quantitative estimate of drug-likeness (QED) is 0.806. The SMILES string of the molecule is CCNCC(Cc1ccccc1)Cc1cc(F)ccc1C. The summed E-state index contributed by atoms with van der Waals surface area (Å²) in [4.78, 5) is 0. The number of hydrogen-bond donors (Lipinski definition) is 1. The largest absolute Gasteiger partial charge is 0.317 e. The summed E-state index contributed by atoms with van der Waals surface area (Å²) in [6.45, 7) is 6.10. The lowest BCUT2D eigenvalue weighted by Gasteiger charge is -2.19. The van der Waals surface area contributed by atoms with Gasteiger partial charge >= 0.3 is 0 Å². The monoisotopic (exact) mass is 285 g/mol. The topological polar surface area (TPSA) is 12.0 Å². The van der Waals surface area contributed by atoms with Crippen LogP contribution in [0.15, 0.2) is 48.5 Å². The molecule has 1 unspecified atom stereocenters. The molecule has 2 aromatic carbocycles. The maximum atomic E-state index is 13.5. The van der Waals surface area contributed by atoms with E-state index >= 15 is 0 Å². The molecule has 0 aromatic heterocycles. The molecule has 0 amide bonds. The Labute approximate surface area is 127 Å². The van der Waals surface area contributed by atoms with Crippen molar-refractivity contribution in [2.45, 2.75) is 26.7 Å². The molecule has 2 heteroatoms. The molecule has 0 aliphatic heterocycles. The Kier molecular flexibility index (Phi) is 5.94. The molecule has 0 bridgehead atoms. The number of benzene rings is 2. The Morgan fingerprint density at radius 3 is 2.52 bits per heavy atom. The molecular formula is C19H24FN. The Morgan fingerprint density at radius 1 is 1.05 bits per heavy atom. The van der Waals surface area contributed by atoms with Gasteiger partial charge in [0.25, 0.3) is 0 Å². The van der Waals surface area contributed by atoms with Crippen molar-refractivity contribution in [1.29, 1.82) is 0 Å². The summed E-state index contributed by atoms with van der Waals surface area (Å²) < 4.78 is 13.5. The van der Waals surface area contributed by atoms with Crippen LogP contribution in [-0.2, 0) is 12.8 Å². The molecular weight excluding hydrogens is 261 g/mol. The predicted molar refractivity (Wildman–Crippen MR) is 87.0 cm³/mol. The second kappa shape index (κ2) is 7.94. The van der Waals surface area contributed by atoms with Gasteiger partial charge in [0.15, 0.2) is 0 Å². The highest BCUT2D eigenvalue weighted by Gasteiger charge is 2.12. The van der Waals surface area contributed by atoms with Crippen molar-refractivity contribution in [2.24, 2.45) is 5.92 Å². The number of rotatable bonds is 7. The van der Waals surface area contributed by atoms with Crippen LogP contribution < -0.4 is 5.32 Å².